The number of rotatable bonds is 4. The van der Waals surface area contributed by atoms with Crippen LogP contribution in [-0.4, -0.2) is 13.2 Å². The molecule has 1 nitrogen and oxygen atoms in total. The van der Waals surface area contributed by atoms with E-state index in [2.05, 4.69) is 38.2 Å². The van der Waals surface area contributed by atoms with Gasteiger partial charge in [0, 0.05) is 11.8 Å². The van der Waals surface area contributed by atoms with Crippen molar-refractivity contribution in [3.8, 4) is 0 Å². The van der Waals surface area contributed by atoms with Gasteiger partial charge in [0.15, 0.2) is 0 Å². The molecule has 0 saturated heterocycles. The van der Waals surface area contributed by atoms with Gasteiger partial charge in [0.25, 0.3) is 0 Å². The molecule has 0 aromatic heterocycles. The fraction of sp³-hybridized carbons (Fsp3) is 0.750. The Morgan fingerprint density at radius 1 is 0.765 bits per heavy atom. The Kier molecular flexibility index (Phi) is 4.85. The second kappa shape index (κ2) is 6.39. The molecule has 4 atom stereocenters. The van der Waals surface area contributed by atoms with Crippen LogP contribution in [0.25, 0.3) is 0 Å². The van der Waals surface area contributed by atoms with Crippen LogP contribution in [0.1, 0.15) is 39.5 Å². The first kappa shape index (κ1) is 12.9. The Hall–Kier alpha value is -0.560. The molecule has 17 heavy (non-hydrogen) atoms. The Balaban J connectivity index is 1.63. The first-order chi connectivity index (χ1) is 8.24. The van der Waals surface area contributed by atoms with E-state index in [1.165, 1.54) is 25.7 Å². The molecular formula is C16H26O. The molecule has 0 amide bonds. The predicted molar refractivity (Wildman–Crippen MR) is 72.9 cm³/mol. The van der Waals surface area contributed by atoms with Crippen molar-refractivity contribution < 1.29 is 4.74 Å². The van der Waals surface area contributed by atoms with Crippen molar-refractivity contribution in [2.45, 2.75) is 39.5 Å². The van der Waals surface area contributed by atoms with Gasteiger partial charge in [0.1, 0.15) is 0 Å². The summed E-state index contributed by atoms with van der Waals surface area (Å²) in [6.45, 7) is 6.43. The van der Waals surface area contributed by atoms with Gasteiger partial charge in [-0.1, -0.05) is 38.2 Å². The van der Waals surface area contributed by atoms with Gasteiger partial charge in [-0.05, 0) is 37.5 Å². The van der Waals surface area contributed by atoms with E-state index >= 15 is 0 Å². The van der Waals surface area contributed by atoms with E-state index in [9.17, 15) is 0 Å². The summed E-state index contributed by atoms with van der Waals surface area (Å²) < 4.78 is 5.88. The largest absolute Gasteiger partial charge is 0.380 e. The predicted octanol–water partition coefficient (Wildman–Crippen LogP) is 4.21. The van der Waals surface area contributed by atoms with Crippen molar-refractivity contribution in [2.75, 3.05) is 13.2 Å². The third-order valence-electron chi connectivity index (χ3n) is 4.07. The molecule has 0 N–H and O–H groups in total. The molecule has 0 aromatic rings. The van der Waals surface area contributed by atoms with Crippen molar-refractivity contribution in [1.29, 1.82) is 0 Å². The lowest BCUT2D eigenvalue weighted by atomic mass is 9.89. The van der Waals surface area contributed by atoms with Crippen LogP contribution >= 0.6 is 0 Å². The molecule has 96 valence electrons. The summed E-state index contributed by atoms with van der Waals surface area (Å²) in [7, 11) is 0. The highest BCUT2D eigenvalue weighted by Gasteiger charge is 2.15. The van der Waals surface area contributed by atoms with Crippen LogP contribution in [0.15, 0.2) is 24.3 Å². The fourth-order valence-electron chi connectivity index (χ4n) is 2.68. The van der Waals surface area contributed by atoms with Crippen molar-refractivity contribution in [3.05, 3.63) is 24.3 Å². The molecule has 2 aliphatic carbocycles. The van der Waals surface area contributed by atoms with E-state index in [1.54, 1.807) is 0 Å². The highest BCUT2D eigenvalue weighted by molar-refractivity contribution is 4.98. The summed E-state index contributed by atoms with van der Waals surface area (Å²) in [6, 6.07) is 0. The zero-order valence-electron chi connectivity index (χ0n) is 11.3. The molecule has 1 heteroatoms. The zero-order valence-corrected chi connectivity index (χ0v) is 11.3. The average Bonchev–Trinajstić information content (AvgIpc) is 2.34. The molecule has 0 aliphatic heterocycles. The minimum Gasteiger partial charge on any atom is -0.380 e. The Bertz CT molecular complexity index is 251. The van der Waals surface area contributed by atoms with Crippen LogP contribution in [0.2, 0.25) is 0 Å². The van der Waals surface area contributed by atoms with Crippen molar-refractivity contribution in [2.24, 2.45) is 23.7 Å². The van der Waals surface area contributed by atoms with Crippen LogP contribution in [-0.2, 0) is 4.74 Å². The van der Waals surface area contributed by atoms with Crippen LogP contribution < -0.4 is 0 Å². The van der Waals surface area contributed by atoms with Gasteiger partial charge in [-0.2, -0.15) is 0 Å². The van der Waals surface area contributed by atoms with E-state index in [0.29, 0.717) is 11.8 Å². The second-order valence-electron chi connectivity index (χ2n) is 5.94. The molecule has 2 rings (SSSR count). The van der Waals surface area contributed by atoms with Crippen molar-refractivity contribution in [1.82, 2.24) is 0 Å². The summed E-state index contributed by atoms with van der Waals surface area (Å²) in [5, 5.41) is 0. The van der Waals surface area contributed by atoms with E-state index in [-0.39, 0.29) is 0 Å². The highest BCUT2D eigenvalue weighted by Crippen LogP contribution is 2.24. The van der Waals surface area contributed by atoms with E-state index in [0.717, 1.165) is 25.0 Å². The molecule has 0 heterocycles. The van der Waals surface area contributed by atoms with Gasteiger partial charge in [-0.15, -0.1) is 0 Å². The summed E-state index contributed by atoms with van der Waals surface area (Å²) in [4.78, 5) is 0. The highest BCUT2D eigenvalue weighted by atomic mass is 16.5. The molecule has 0 aromatic carbocycles. The molecule has 4 unspecified atom stereocenters. The maximum Gasteiger partial charge on any atom is 0.0529 e. The average molecular weight is 234 g/mol. The van der Waals surface area contributed by atoms with Gasteiger partial charge in [-0.3, -0.25) is 0 Å². The number of hydrogen-bond donors (Lipinski definition) is 0. The smallest absolute Gasteiger partial charge is 0.0529 e. The molecule has 0 fully saturated rings. The molecule has 0 radical (unpaired) electrons. The van der Waals surface area contributed by atoms with Crippen LogP contribution in [0, 0.1) is 23.7 Å². The van der Waals surface area contributed by atoms with Gasteiger partial charge in [0.2, 0.25) is 0 Å². The monoisotopic (exact) mass is 234 g/mol. The Morgan fingerprint density at radius 2 is 1.24 bits per heavy atom. The van der Waals surface area contributed by atoms with Crippen LogP contribution in [0.5, 0.6) is 0 Å². The summed E-state index contributed by atoms with van der Waals surface area (Å²) >= 11 is 0. The number of ether oxygens (including phenoxy) is 1. The van der Waals surface area contributed by atoms with Crippen LogP contribution in [0.3, 0.4) is 0 Å². The zero-order chi connectivity index (χ0) is 12.1. The van der Waals surface area contributed by atoms with E-state index < -0.39 is 0 Å². The number of hydrogen-bond acceptors (Lipinski definition) is 1. The Labute approximate surface area is 106 Å². The van der Waals surface area contributed by atoms with Crippen molar-refractivity contribution >= 4 is 0 Å². The minimum absolute atomic E-state index is 0.665. The van der Waals surface area contributed by atoms with E-state index in [1.807, 2.05) is 0 Å². The maximum absolute atomic E-state index is 5.88. The second-order valence-corrected chi connectivity index (χ2v) is 5.94. The first-order valence-corrected chi connectivity index (χ1v) is 7.18. The lowest BCUT2D eigenvalue weighted by Crippen LogP contribution is -2.17. The normalized spacial score (nSPS) is 37.3. The maximum atomic E-state index is 5.88. The lowest BCUT2D eigenvalue weighted by molar-refractivity contribution is 0.0838. The van der Waals surface area contributed by atoms with Gasteiger partial charge < -0.3 is 4.74 Å². The molecular weight excluding hydrogens is 208 g/mol. The topological polar surface area (TPSA) is 9.23 Å². The number of allylic oxidation sites excluding steroid dienone is 2. The Morgan fingerprint density at radius 3 is 1.59 bits per heavy atom. The lowest BCUT2D eigenvalue weighted by Gasteiger charge is -2.23. The fourth-order valence-corrected chi connectivity index (χ4v) is 2.68. The quantitative estimate of drug-likeness (QED) is 0.662. The van der Waals surface area contributed by atoms with Crippen LogP contribution in [0.4, 0.5) is 0 Å². The minimum atomic E-state index is 0.665. The van der Waals surface area contributed by atoms with Gasteiger partial charge in [0.05, 0.1) is 13.2 Å². The standard InChI is InChI=1S/C16H26O/c1-13-3-7-15(8-4-13)11-17-12-16-9-5-14(2)6-10-16/h3,5,7,9,13-16H,4,6,8,10-12H2,1-2H3. The molecule has 2 aliphatic rings. The summed E-state index contributed by atoms with van der Waals surface area (Å²) in [6.07, 6.45) is 14.7. The third kappa shape index (κ3) is 4.31. The van der Waals surface area contributed by atoms with E-state index in [4.69, 9.17) is 4.74 Å². The SMILES string of the molecule is CC1C=CC(COCC2C=CC(C)CC2)CC1. The first-order valence-electron chi connectivity index (χ1n) is 7.18. The molecule has 0 bridgehead atoms. The summed E-state index contributed by atoms with van der Waals surface area (Å²) in [5.41, 5.74) is 0. The van der Waals surface area contributed by atoms with Gasteiger partial charge in [-0.25, -0.2) is 0 Å². The van der Waals surface area contributed by atoms with Crippen molar-refractivity contribution in [3.63, 3.8) is 0 Å². The molecule has 0 spiro atoms. The molecule has 0 saturated carbocycles. The van der Waals surface area contributed by atoms with Gasteiger partial charge >= 0.3 is 0 Å². The summed E-state index contributed by atoms with van der Waals surface area (Å²) in [5.74, 6) is 2.87. The third-order valence-corrected chi connectivity index (χ3v) is 4.07.